The van der Waals surface area contributed by atoms with E-state index in [2.05, 4.69) is 5.32 Å². The molecule has 0 saturated carbocycles. The quantitative estimate of drug-likeness (QED) is 0.826. The maximum absolute atomic E-state index is 13.0. The zero-order valence-corrected chi connectivity index (χ0v) is 12.0. The van der Waals surface area contributed by atoms with Crippen LogP contribution in [0.4, 0.5) is 8.78 Å². The van der Waals surface area contributed by atoms with Crippen LogP contribution in [0.15, 0.2) is 24.3 Å². The van der Waals surface area contributed by atoms with Crippen LogP contribution in [-0.2, 0) is 0 Å². The molecule has 0 atom stereocenters. The largest absolute Gasteiger partial charge is 0.346 e. The van der Waals surface area contributed by atoms with Crippen LogP contribution < -0.4 is 11.1 Å². The third kappa shape index (κ3) is 4.78. The van der Waals surface area contributed by atoms with Crippen LogP contribution in [0, 0.1) is 0 Å². The van der Waals surface area contributed by atoms with Gasteiger partial charge in [0, 0.05) is 24.7 Å². The van der Waals surface area contributed by atoms with E-state index in [-0.39, 0.29) is 11.5 Å². The molecule has 0 radical (unpaired) electrons. The van der Waals surface area contributed by atoms with Gasteiger partial charge in [-0.2, -0.15) is 0 Å². The number of hydrogen-bond donors (Lipinski definition) is 2. The van der Waals surface area contributed by atoms with Crippen molar-refractivity contribution in [2.24, 2.45) is 5.73 Å². The van der Waals surface area contributed by atoms with Crippen molar-refractivity contribution in [3.05, 3.63) is 35.4 Å². The van der Waals surface area contributed by atoms with Crippen molar-refractivity contribution in [2.75, 3.05) is 26.7 Å². The molecule has 1 aromatic carbocycles. The van der Waals surface area contributed by atoms with Gasteiger partial charge in [-0.05, 0) is 25.1 Å². The highest BCUT2D eigenvalue weighted by Crippen LogP contribution is 2.11. The third-order valence-electron chi connectivity index (χ3n) is 3.00. The molecule has 0 heterocycles. The molecular weight excluding hydrogens is 280 g/mol. The molecule has 0 aliphatic heterocycles. The fourth-order valence-corrected chi connectivity index (χ4v) is 1.54. The molecule has 0 aromatic heterocycles. The minimum Gasteiger partial charge on any atom is -0.346 e. The van der Waals surface area contributed by atoms with E-state index in [9.17, 15) is 18.4 Å². The highest BCUT2D eigenvalue weighted by atomic mass is 19.3. The van der Waals surface area contributed by atoms with Gasteiger partial charge in [0.05, 0.1) is 13.1 Å². The zero-order valence-electron chi connectivity index (χ0n) is 12.0. The maximum Gasteiger partial charge on any atom is 0.277 e. The van der Waals surface area contributed by atoms with E-state index in [0.717, 1.165) is 0 Å². The number of carbonyl (C=O) groups excluding carboxylic acids is 2. The first-order chi connectivity index (χ1) is 9.80. The first kappa shape index (κ1) is 17.0. The Labute approximate surface area is 122 Å². The van der Waals surface area contributed by atoms with Gasteiger partial charge in [0.1, 0.15) is 0 Å². The fourth-order valence-electron chi connectivity index (χ4n) is 1.54. The van der Waals surface area contributed by atoms with Crippen molar-refractivity contribution in [2.45, 2.75) is 12.8 Å². The predicted molar refractivity (Wildman–Crippen MR) is 75.4 cm³/mol. The Bertz CT molecular complexity index is 521. The number of amides is 2. The lowest BCUT2D eigenvalue weighted by atomic mass is 10.1. The summed E-state index contributed by atoms with van der Waals surface area (Å²) >= 11 is 0. The second-order valence-electron chi connectivity index (χ2n) is 4.64. The summed E-state index contributed by atoms with van der Waals surface area (Å²) in [5.74, 6) is -4.05. The van der Waals surface area contributed by atoms with E-state index in [0.29, 0.717) is 12.1 Å². The molecule has 0 spiro atoms. The second-order valence-corrected chi connectivity index (χ2v) is 4.64. The van der Waals surface area contributed by atoms with Gasteiger partial charge in [0.25, 0.3) is 17.7 Å². The van der Waals surface area contributed by atoms with Crippen molar-refractivity contribution >= 4 is 11.8 Å². The summed E-state index contributed by atoms with van der Waals surface area (Å²) in [5, 5.41) is 2.11. The maximum atomic E-state index is 13.0. The van der Waals surface area contributed by atoms with Gasteiger partial charge in [0.15, 0.2) is 0 Å². The summed E-state index contributed by atoms with van der Waals surface area (Å²) in [4.78, 5) is 25.3. The monoisotopic (exact) mass is 299 g/mol. The van der Waals surface area contributed by atoms with Crippen LogP contribution in [0.1, 0.15) is 27.6 Å². The highest BCUT2D eigenvalue weighted by Gasteiger charge is 2.27. The number of benzene rings is 1. The Kier molecular flexibility index (Phi) is 5.78. The normalized spacial score (nSPS) is 11.1. The third-order valence-corrected chi connectivity index (χ3v) is 3.00. The first-order valence-electron chi connectivity index (χ1n) is 6.52. The van der Waals surface area contributed by atoms with E-state index < -0.39 is 24.9 Å². The van der Waals surface area contributed by atoms with Gasteiger partial charge in [0.2, 0.25) is 0 Å². The Morgan fingerprint density at radius 1 is 1.33 bits per heavy atom. The van der Waals surface area contributed by atoms with Crippen molar-refractivity contribution in [3.63, 3.8) is 0 Å². The van der Waals surface area contributed by atoms with E-state index in [1.54, 1.807) is 13.1 Å². The number of alkyl halides is 2. The van der Waals surface area contributed by atoms with E-state index >= 15 is 0 Å². The van der Waals surface area contributed by atoms with E-state index in [1.807, 2.05) is 6.92 Å². The molecule has 0 saturated heterocycles. The number of carbonyl (C=O) groups is 2. The Morgan fingerprint density at radius 3 is 2.52 bits per heavy atom. The van der Waals surface area contributed by atoms with Gasteiger partial charge >= 0.3 is 0 Å². The summed E-state index contributed by atoms with van der Waals surface area (Å²) in [6, 6.07) is 5.94. The molecule has 0 bridgehead atoms. The summed E-state index contributed by atoms with van der Waals surface area (Å²) in [5.41, 5.74) is 5.37. The number of nitrogens with one attached hydrogen (secondary N) is 1. The number of rotatable bonds is 6. The lowest BCUT2D eigenvalue weighted by Crippen LogP contribution is -2.41. The van der Waals surface area contributed by atoms with Gasteiger partial charge in [-0.25, -0.2) is 8.78 Å². The van der Waals surface area contributed by atoms with Crippen LogP contribution in [0.3, 0.4) is 0 Å². The van der Waals surface area contributed by atoms with Crippen molar-refractivity contribution in [3.8, 4) is 0 Å². The minimum absolute atomic E-state index is 0.151. The molecule has 7 heteroatoms. The topological polar surface area (TPSA) is 75.4 Å². The molecule has 1 rings (SSSR count). The lowest BCUT2D eigenvalue weighted by Gasteiger charge is -2.16. The molecule has 3 N–H and O–H groups in total. The van der Waals surface area contributed by atoms with Gasteiger partial charge in [-0.3, -0.25) is 9.59 Å². The SMILES string of the molecule is CCN(C)C(=O)c1cccc(C(=O)NCC(F)(F)CN)c1. The molecule has 2 amide bonds. The average molecular weight is 299 g/mol. The average Bonchev–Trinajstić information content (AvgIpc) is 2.51. The Hall–Kier alpha value is -2.02. The molecular formula is C14H19F2N3O2. The van der Waals surface area contributed by atoms with Crippen molar-refractivity contribution < 1.29 is 18.4 Å². The summed E-state index contributed by atoms with van der Waals surface area (Å²) < 4.78 is 26.0. The van der Waals surface area contributed by atoms with Crippen molar-refractivity contribution in [1.29, 1.82) is 0 Å². The van der Waals surface area contributed by atoms with Gasteiger partial charge < -0.3 is 16.0 Å². The molecule has 116 valence electrons. The fraction of sp³-hybridized carbons (Fsp3) is 0.429. The summed E-state index contributed by atoms with van der Waals surface area (Å²) in [6.45, 7) is 0.670. The van der Waals surface area contributed by atoms with Crippen LogP contribution in [0.2, 0.25) is 0 Å². The molecule has 5 nitrogen and oxygen atoms in total. The summed E-state index contributed by atoms with van der Waals surface area (Å²) in [7, 11) is 1.64. The molecule has 0 unspecified atom stereocenters. The highest BCUT2D eigenvalue weighted by molar-refractivity contribution is 5.99. The number of nitrogens with two attached hydrogens (primary N) is 1. The standard InChI is InChI=1S/C14H19F2N3O2/c1-3-19(2)13(21)11-6-4-5-10(7-11)12(20)18-9-14(15,16)8-17/h4-7H,3,8-9,17H2,1-2H3,(H,18,20). The second kappa shape index (κ2) is 7.12. The number of hydrogen-bond acceptors (Lipinski definition) is 3. The van der Waals surface area contributed by atoms with Crippen molar-refractivity contribution in [1.82, 2.24) is 10.2 Å². The minimum atomic E-state index is -3.15. The van der Waals surface area contributed by atoms with Crippen LogP contribution in [-0.4, -0.2) is 49.3 Å². The van der Waals surface area contributed by atoms with Gasteiger partial charge in [-0.15, -0.1) is 0 Å². The first-order valence-corrected chi connectivity index (χ1v) is 6.52. The molecule has 0 aliphatic rings. The molecule has 0 fully saturated rings. The molecule has 21 heavy (non-hydrogen) atoms. The van der Waals surface area contributed by atoms with Gasteiger partial charge in [-0.1, -0.05) is 6.07 Å². The van der Waals surface area contributed by atoms with Crippen LogP contribution in [0.5, 0.6) is 0 Å². The number of halogens is 2. The summed E-state index contributed by atoms with van der Waals surface area (Å²) in [6.07, 6.45) is 0. The van der Waals surface area contributed by atoms with E-state index in [4.69, 9.17) is 5.73 Å². The number of nitrogens with zero attached hydrogens (tertiary/aromatic N) is 1. The Balaban J connectivity index is 2.80. The van der Waals surface area contributed by atoms with Crippen LogP contribution in [0.25, 0.3) is 0 Å². The molecule has 0 aliphatic carbocycles. The Morgan fingerprint density at radius 2 is 1.95 bits per heavy atom. The lowest BCUT2D eigenvalue weighted by molar-refractivity contribution is 0.0118. The van der Waals surface area contributed by atoms with Crippen LogP contribution >= 0.6 is 0 Å². The predicted octanol–water partition coefficient (Wildman–Crippen LogP) is 1.10. The molecule has 1 aromatic rings. The van der Waals surface area contributed by atoms with E-state index in [1.165, 1.54) is 23.1 Å². The smallest absolute Gasteiger partial charge is 0.277 e. The zero-order chi connectivity index (χ0) is 16.0.